The average molecular weight is 266 g/mol. The Bertz CT molecular complexity index is 419. The minimum atomic E-state index is 0.0461. The number of hydrogen-bond acceptors (Lipinski definition) is 1. The molecule has 0 radical (unpaired) electrons. The average Bonchev–Trinajstić information content (AvgIpc) is 2.43. The fourth-order valence-corrected chi connectivity index (χ4v) is 2.50. The third kappa shape index (κ3) is 3.26. The molecule has 0 aromatic heterocycles. The molecule has 2 atom stereocenters. The van der Waals surface area contributed by atoms with Crippen molar-refractivity contribution in [3.63, 3.8) is 0 Å². The maximum atomic E-state index is 12.1. The quantitative estimate of drug-likeness (QED) is 0.834. The molecule has 2 rings (SSSR count). The molecule has 1 aromatic carbocycles. The number of fused-ring (bicyclic) bond motifs is 1. The molecule has 1 N–H and O–H groups in total. The third-order valence-electron chi connectivity index (χ3n) is 3.66. The van der Waals surface area contributed by atoms with E-state index in [1.54, 1.807) is 0 Å². The van der Waals surface area contributed by atoms with Crippen LogP contribution in [-0.4, -0.2) is 17.8 Å². The van der Waals surface area contributed by atoms with Gasteiger partial charge in [-0.05, 0) is 36.8 Å². The summed E-state index contributed by atoms with van der Waals surface area (Å²) < 4.78 is 0. The van der Waals surface area contributed by atoms with Gasteiger partial charge in [0.25, 0.3) is 0 Å². The van der Waals surface area contributed by atoms with Crippen molar-refractivity contribution in [1.29, 1.82) is 0 Å². The summed E-state index contributed by atoms with van der Waals surface area (Å²) in [6.07, 6.45) is 3.70. The van der Waals surface area contributed by atoms with E-state index in [1.165, 1.54) is 11.1 Å². The number of amides is 1. The maximum absolute atomic E-state index is 12.1. The van der Waals surface area contributed by atoms with E-state index in [-0.39, 0.29) is 17.2 Å². The Balaban J connectivity index is 1.90. The van der Waals surface area contributed by atoms with Gasteiger partial charge in [-0.25, -0.2) is 0 Å². The van der Waals surface area contributed by atoms with Crippen LogP contribution in [0.15, 0.2) is 24.3 Å². The lowest BCUT2D eigenvalue weighted by molar-refractivity contribution is -0.125. The molecule has 2 unspecified atom stereocenters. The second-order valence-electron chi connectivity index (χ2n) is 4.96. The Kier molecular flexibility index (Phi) is 4.65. The van der Waals surface area contributed by atoms with Crippen molar-refractivity contribution in [2.24, 2.45) is 5.92 Å². The molecular weight excluding hydrogens is 246 g/mol. The van der Waals surface area contributed by atoms with Crippen molar-refractivity contribution in [1.82, 2.24) is 5.32 Å². The molecule has 0 saturated heterocycles. The zero-order valence-corrected chi connectivity index (χ0v) is 11.5. The number of carbonyl (C=O) groups is 1. The predicted molar refractivity (Wildman–Crippen MR) is 74.9 cm³/mol. The molecule has 1 aromatic rings. The van der Waals surface area contributed by atoms with Gasteiger partial charge in [-0.15, -0.1) is 11.6 Å². The summed E-state index contributed by atoms with van der Waals surface area (Å²) in [6.45, 7) is 2.61. The number of halogens is 1. The van der Waals surface area contributed by atoms with Gasteiger partial charge in [0.2, 0.25) is 5.91 Å². The first-order chi connectivity index (χ1) is 8.70. The first-order valence-electron chi connectivity index (χ1n) is 6.69. The van der Waals surface area contributed by atoms with Gasteiger partial charge in [0.1, 0.15) is 0 Å². The van der Waals surface area contributed by atoms with Gasteiger partial charge in [-0.3, -0.25) is 4.79 Å². The fraction of sp³-hybridized carbons (Fsp3) is 0.533. The number of aryl methyl sites for hydroxylation is 1. The standard InChI is InChI=1S/C15H20ClNO/c1-2-14(16)10-17-15(18)13-8-7-11-5-3-4-6-12(11)9-13/h3-6,13-14H,2,7-10H2,1H3,(H,17,18). The molecule has 1 aliphatic carbocycles. The van der Waals surface area contributed by atoms with E-state index in [4.69, 9.17) is 11.6 Å². The minimum Gasteiger partial charge on any atom is -0.354 e. The molecule has 0 heterocycles. The summed E-state index contributed by atoms with van der Waals surface area (Å²) in [5.74, 6) is 0.268. The summed E-state index contributed by atoms with van der Waals surface area (Å²) in [7, 11) is 0. The Labute approximate surface area is 114 Å². The van der Waals surface area contributed by atoms with Gasteiger partial charge in [0.05, 0.1) is 5.38 Å². The van der Waals surface area contributed by atoms with Gasteiger partial charge >= 0.3 is 0 Å². The first kappa shape index (κ1) is 13.4. The van der Waals surface area contributed by atoms with Crippen LogP contribution in [0.2, 0.25) is 0 Å². The lowest BCUT2D eigenvalue weighted by Crippen LogP contribution is -2.37. The molecule has 18 heavy (non-hydrogen) atoms. The molecule has 0 saturated carbocycles. The lowest BCUT2D eigenvalue weighted by Gasteiger charge is -2.24. The molecule has 1 aliphatic rings. The zero-order chi connectivity index (χ0) is 13.0. The Hall–Kier alpha value is -1.02. The molecule has 0 bridgehead atoms. The van der Waals surface area contributed by atoms with E-state index in [1.807, 2.05) is 13.0 Å². The second kappa shape index (κ2) is 6.24. The van der Waals surface area contributed by atoms with Crippen molar-refractivity contribution in [2.75, 3.05) is 6.54 Å². The topological polar surface area (TPSA) is 29.1 Å². The Morgan fingerprint density at radius 3 is 2.89 bits per heavy atom. The highest BCUT2D eigenvalue weighted by Gasteiger charge is 2.24. The van der Waals surface area contributed by atoms with E-state index < -0.39 is 0 Å². The van der Waals surface area contributed by atoms with Crippen molar-refractivity contribution < 1.29 is 4.79 Å². The highest BCUT2D eigenvalue weighted by molar-refractivity contribution is 6.20. The highest BCUT2D eigenvalue weighted by Crippen LogP contribution is 2.25. The number of nitrogens with one attached hydrogen (secondary N) is 1. The van der Waals surface area contributed by atoms with E-state index in [9.17, 15) is 4.79 Å². The van der Waals surface area contributed by atoms with Gasteiger partial charge in [-0.1, -0.05) is 31.2 Å². The smallest absolute Gasteiger partial charge is 0.223 e. The predicted octanol–water partition coefficient (Wildman–Crippen LogP) is 2.93. The van der Waals surface area contributed by atoms with Crippen molar-refractivity contribution in [3.05, 3.63) is 35.4 Å². The Morgan fingerprint density at radius 2 is 2.17 bits per heavy atom. The summed E-state index contributed by atoms with van der Waals surface area (Å²) in [4.78, 5) is 12.1. The van der Waals surface area contributed by atoms with Crippen molar-refractivity contribution in [2.45, 2.75) is 38.0 Å². The van der Waals surface area contributed by atoms with Crippen molar-refractivity contribution >= 4 is 17.5 Å². The number of rotatable bonds is 4. The highest BCUT2D eigenvalue weighted by atomic mass is 35.5. The number of alkyl halides is 1. The molecule has 0 fully saturated rings. The van der Waals surface area contributed by atoms with Crippen LogP contribution in [0, 0.1) is 5.92 Å². The summed E-state index contributed by atoms with van der Waals surface area (Å²) in [5.41, 5.74) is 2.71. The molecule has 3 heteroatoms. The van der Waals surface area contributed by atoms with Crippen LogP contribution < -0.4 is 5.32 Å². The van der Waals surface area contributed by atoms with Crippen LogP contribution in [0.5, 0.6) is 0 Å². The lowest BCUT2D eigenvalue weighted by atomic mass is 9.83. The number of benzene rings is 1. The minimum absolute atomic E-state index is 0.0461. The van der Waals surface area contributed by atoms with Gasteiger partial charge in [0.15, 0.2) is 0 Å². The van der Waals surface area contributed by atoms with Crippen LogP contribution in [0.4, 0.5) is 0 Å². The van der Waals surface area contributed by atoms with Crippen LogP contribution in [0.1, 0.15) is 30.9 Å². The van der Waals surface area contributed by atoms with E-state index >= 15 is 0 Å². The summed E-state index contributed by atoms with van der Waals surface area (Å²) in [6, 6.07) is 8.41. The molecule has 0 aliphatic heterocycles. The normalized spacial score (nSPS) is 20.0. The SMILES string of the molecule is CCC(Cl)CNC(=O)C1CCc2ccccc2C1. The molecule has 2 nitrogen and oxygen atoms in total. The molecular formula is C15H20ClNO. The maximum Gasteiger partial charge on any atom is 0.223 e. The zero-order valence-electron chi connectivity index (χ0n) is 10.8. The van der Waals surface area contributed by atoms with Crippen molar-refractivity contribution in [3.8, 4) is 0 Å². The van der Waals surface area contributed by atoms with Crippen LogP contribution >= 0.6 is 11.6 Å². The van der Waals surface area contributed by atoms with Crippen LogP contribution in [0.25, 0.3) is 0 Å². The Morgan fingerprint density at radius 1 is 1.44 bits per heavy atom. The number of carbonyl (C=O) groups excluding carboxylic acids is 1. The largest absolute Gasteiger partial charge is 0.354 e. The monoisotopic (exact) mass is 265 g/mol. The van der Waals surface area contributed by atoms with Gasteiger partial charge in [0, 0.05) is 12.5 Å². The molecule has 1 amide bonds. The van der Waals surface area contributed by atoms with Crippen LogP contribution in [0.3, 0.4) is 0 Å². The number of hydrogen-bond donors (Lipinski definition) is 1. The van der Waals surface area contributed by atoms with E-state index in [0.29, 0.717) is 6.54 Å². The van der Waals surface area contributed by atoms with Gasteiger partial charge < -0.3 is 5.32 Å². The molecule has 0 spiro atoms. The fourth-order valence-electron chi connectivity index (χ4n) is 2.42. The third-order valence-corrected chi connectivity index (χ3v) is 4.12. The van der Waals surface area contributed by atoms with Crippen LogP contribution in [-0.2, 0) is 17.6 Å². The van der Waals surface area contributed by atoms with E-state index in [0.717, 1.165) is 25.7 Å². The second-order valence-corrected chi connectivity index (χ2v) is 5.58. The van der Waals surface area contributed by atoms with E-state index in [2.05, 4.69) is 23.5 Å². The summed E-state index contributed by atoms with van der Waals surface area (Å²) in [5, 5.41) is 3.01. The first-order valence-corrected chi connectivity index (χ1v) is 7.13. The van der Waals surface area contributed by atoms with Gasteiger partial charge in [-0.2, -0.15) is 0 Å². The summed E-state index contributed by atoms with van der Waals surface area (Å²) >= 11 is 6.01. The molecule has 98 valence electrons.